The van der Waals surface area contributed by atoms with Crippen LogP contribution in [-0.2, 0) is 12.8 Å². The third-order valence-electron chi connectivity index (χ3n) is 5.11. The third-order valence-corrected chi connectivity index (χ3v) is 5.11. The molecule has 92 valence electrons. The summed E-state index contributed by atoms with van der Waals surface area (Å²) >= 11 is 0. The molecule has 3 rings (SSSR count). The largest absolute Gasteiger partial charge is 0.262 e. The van der Waals surface area contributed by atoms with Gasteiger partial charge in [-0.05, 0) is 49.9 Å². The van der Waals surface area contributed by atoms with Crippen molar-refractivity contribution in [3.63, 3.8) is 0 Å². The number of fused-ring (bicyclic) bond motifs is 2. The van der Waals surface area contributed by atoms with Crippen molar-refractivity contribution in [1.82, 2.24) is 15.4 Å². The van der Waals surface area contributed by atoms with Gasteiger partial charge in [-0.1, -0.05) is 24.4 Å². The Morgan fingerprint density at radius 1 is 1.47 bits per heavy atom. The molecule has 3 nitrogen and oxygen atoms in total. The Bertz CT molecular complexity index is 415. The maximum Gasteiger partial charge on any atom is 0.110 e. The average Bonchev–Trinajstić information content (AvgIpc) is 2.61. The van der Waals surface area contributed by atoms with E-state index in [0.29, 0.717) is 5.31 Å². The molecule has 0 aliphatic heterocycles. The summed E-state index contributed by atoms with van der Waals surface area (Å²) < 4.78 is 0. The summed E-state index contributed by atoms with van der Waals surface area (Å²) in [7, 11) is 2.50. The van der Waals surface area contributed by atoms with Gasteiger partial charge in [0.25, 0.3) is 0 Å². The van der Waals surface area contributed by atoms with Crippen LogP contribution in [0.4, 0.5) is 0 Å². The zero-order valence-corrected chi connectivity index (χ0v) is 11.2. The van der Waals surface area contributed by atoms with Crippen molar-refractivity contribution in [3.8, 4) is 0 Å². The second-order valence-corrected chi connectivity index (χ2v) is 6.62. The lowest BCUT2D eigenvalue weighted by Gasteiger charge is -2.14. The van der Waals surface area contributed by atoms with Crippen molar-refractivity contribution in [3.05, 3.63) is 11.4 Å². The van der Waals surface area contributed by atoms with Crippen LogP contribution in [0.2, 0.25) is 5.31 Å². The Morgan fingerprint density at radius 3 is 3.06 bits per heavy atom. The van der Waals surface area contributed by atoms with Crippen LogP contribution in [0.1, 0.15) is 44.5 Å². The number of rotatable bonds is 2. The molecular weight excluding hydrogens is 209 g/mol. The smallest absolute Gasteiger partial charge is 0.110 e. The first kappa shape index (κ1) is 11.3. The molecule has 0 amide bonds. The number of nitrogens with one attached hydrogen (secondary N) is 1. The van der Waals surface area contributed by atoms with Gasteiger partial charge in [-0.15, -0.1) is 5.10 Å². The van der Waals surface area contributed by atoms with Gasteiger partial charge < -0.3 is 0 Å². The molecule has 0 spiro atoms. The SMILES string of the molecule is BC12CCc3[nH]nnc3CCC1[C@@H]2CC(C)C. The van der Waals surface area contributed by atoms with Crippen LogP contribution in [-0.4, -0.2) is 23.3 Å². The van der Waals surface area contributed by atoms with Gasteiger partial charge in [0.05, 0.1) is 11.4 Å². The van der Waals surface area contributed by atoms with Crippen molar-refractivity contribution in [2.75, 3.05) is 0 Å². The lowest BCUT2D eigenvalue weighted by atomic mass is 9.73. The van der Waals surface area contributed by atoms with Crippen LogP contribution in [0.5, 0.6) is 0 Å². The van der Waals surface area contributed by atoms with E-state index in [9.17, 15) is 0 Å². The van der Waals surface area contributed by atoms with E-state index in [4.69, 9.17) is 0 Å². The minimum absolute atomic E-state index is 0.604. The van der Waals surface area contributed by atoms with Crippen molar-refractivity contribution in [2.24, 2.45) is 17.8 Å². The van der Waals surface area contributed by atoms with E-state index in [1.807, 2.05) is 0 Å². The highest BCUT2D eigenvalue weighted by atomic mass is 15.3. The quantitative estimate of drug-likeness (QED) is 0.788. The van der Waals surface area contributed by atoms with Crippen LogP contribution in [0.15, 0.2) is 0 Å². The average molecular weight is 231 g/mol. The van der Waals surface area contributed by atoms with E-state index < -0.39 is 0 Å². The van der Waals surface area contributed by atoms with Crippen LogP contribution >= 0.6 is 0 Å². The molecule has 0 aromatic carbocycles. The first-order valence-corrected chi connectivity index (χ1v) is 7.00. The van der Waals surface area contributed by atoms with E-state index in [2.05, 4.69) is 37.1 Å². The van der Waals surface area contributed by atoms with Crippen LogP contribution < -0.4 is 0 Å². The van der Waals surface area contributed by atoms with Crippen LogP contribution in [0.25, 0.3) is 0 Å². The number of H-pyrrole nitrogens is 1. The fourth-order valence-electron chi connectivity index (χ4n) is 3.97. The number of aryl methyl sites for hydroxylation is 2. The fourth-order valence-corrected chi connectivity index (χ4v) is 3.97. The highest BCUT2D eigenvalue weighted by Crippen LogP contribution is 2.70. The molecule has 17 heavy (non-hydrogen) atoms. The molecule has 2 unspecified atom stereocenters. The van der Waals surface area contributed by atoms with E-state index in [-0.39, 0.29) is 0 Å². The second-order valence-electron chi connectivity index (χ2n) is 6.62. The molecule has 1 heterocycles. The van der Waals surface area contributed by atoms with Crippen molar-refractivity contribution < 1.29 is 0 Å². The Labute approximate surface area is 104 Å². The zero-order chi connectivity index (χ0) is 12.0. The standard InChI is InChI=1S/C13H22BN3/c1-8(2)7-10-9-3-4-11-12(16-17-15-11)5-6-13(9,10)14/h8-10H,3-7,14H2,1-2H3,(H,15,16,17)/t9?,10-,13?/m0/s1. The molecule has 2 aliphatic rings. The second kappa shape index (κ2) is 3.86. The lowest BCUT2D eigenvalue weighted by molar-refractivity contribution is 0.495. The number of aromatic nitrogens is 3. The van der Waals surface area contributed by atoms with Crippen LogP contribution in [0.3, 0.4) is 0 Å². The summed E-state index contributed by atoms with van der Waals surface area (Å²) in [6, 6.07) is 0. The molecule has 0 bridgehead atoms. The molecule has 2 aliphatic carbocycles. The molecule has 3 atom stereocenters. The Kier molecular flexibility index (Phi) is 2.56. The predicted octanol–water partition coefficient (Wildman–Crippen LogP) is 1.77. The van der Waals surface area contributed by atoms with Gasteiger partial charge in [0.2, 0.25) is 0 Å². The van der Waals surface area contributed by atoms with Gasteiger partial charge in [0.1, 0.15) is 7.85 Å². The Balaban J connectivity index is 1.74. The number of nitrogens with zero attached hydrogens (tertiary/aromatic N) is 2. The fraction of sp³-hybridized carbons (Fsp3) is 0.846. The maximum absolute atomic E-state index is 4.21. The molecular formula is C13H22BN3. The van der Waals surface area contributed by atoms with Gasteiger partial charge in [0.15, 0.2) is 0 Å². The summed E-state index contributed by atoms with van der Waals surface area (Å²) in [4.78, 5) is 0. The van der Waals surface area contributed by atoms with Crippen LogP contribution in [0, 0.1) is 17.8 Å². The molecule has 1 aromatic heterocycles. The number of hydrogen-bond donors (Lipinski definition) is 1. The first-order valence-electron chi connectivity index (χ1n) is 7.00. The van der Waals surface area contributed by atoms with Gasteiger partial charge in [0, 0.05) is 0 Å². The third kappa shape index (κ3) is 1.82. The molecule has 0 radical (unpaired) electrons. The molecule has 0 saturated heterocycles. The minimum atomic E-state index is 0.604. The summed E-state index contributed by atoms with van der Waals surface area (Å²) in [6.07, 6.45) is 6.30. The summed E-state index contributed by atoms with van der Waals surface area (Å²) in [5, 5.41) is 11.8. The maximum atomic E-state index is 4.21. The highest BCUT2D eigenvalue weighted by molar-refractivity contribution is 6.18. The highest BCUT2D eigenvalue weighted by Gasteiger charge is 2.59. The summed E-state index contributed by atoms with van der Waals surface area (Å²) in [5.74, 6) is 2.73. The van der Waals surface area contributed by atoms with E-state index >= 15 is 0 Å². The van der Waals surface area contributed by atoms with Crippen molar-refractivity contribution in [1.29, 1.82) is 0 Å². The zero-order valence-electron chi connectivity index (χ0n) is 11.2. The summed E-state index contributed by atoms with van der Waals surface area (Å²) in [6.45, 7) is 4.70. The van der Waals surface area contributed by atoms with Gasteiger partial charge in [-0.2, -0.15) is 0 Å². The Morgan fingerprint density at radius 2 is 2.29 bits per heavy atom. The molecule has 1 N–H and O–H groups in total. The number of hydrogen-bond acceptors (Lipinski definition) is 2. The molecule has 1 saturated carbocycles. The predicted molar refractivity (Wildman–Crippen MR) is 70.7 cm³/mol. The monoisotopic (exact) mass is 231 g/mol. The van der Waals surface area contributed by atoms with Gasteiger partial charge in [-0.25, -0.2) is 0 Å². The number of aromatic amines is 1. The summed E-state index contributed by atoms with van der Waals surface area (Å²) in [5.41, 5.74) is 2.52. The van der Waals surface area contributed by atoms with Gasteiger partial charge in [-0.3, -0.25) is 5.10 Å². The minimum Gasteiger partial charge on any atom is -0.262 e. The molecule has 4 heteroatoms. The van der Waals surface area contributed by atoms with E-state index in [0.717, 1.165) is 30.6 Å². The molecule has 1 aromatic rings. The molecule has 1 fully saturated rings. The normalized spacial score (nSPS) is 35.9. The topological polar surface area (TPSA) is 41.6 Å². The Hall–Kier alpha value is -0.795. The lowest BCUT2D eigenvalue weighted by Crippen LogP contribution is -2.06. The van der Waals surface area contributed by atoms with Gasteiger partial charge >= 0.3 is 0 Å². The van der Waals surface area contributed by atoms with Crippen molar-refractivity contribution in [2.45, 2.75) is 51.3 Å². The van der Waals surface area contributed by atoms with Crippen molar-refractivity contribution >= 4 is 7.85 Å². The van der Waals surface area contributed by atoms with E-state index in [1.54, 1.807) is 0 Å². The first-order chi connectivity index (χ1) is 8.11. The van der Waals surface area contributed by atoms with E-state index in [1.165, 1.54) is 30.7 Å².